The van der Waals surface area contributed by atoms with Gasteiger partial charge in [0.05, 0.1) is 17.2 Å². The molecule has 154 valence electrons. The van der Waals surface area contributed by atoms with Crippen molar-refractivity contribution >= 4 is 28.6 Å². The number of fused-ring (bicyclic) bond motifs is 1. The summed E-state index contributed by atoms with van der Waals surface area (Å²) in [5.41, 5.74) is 2.16. The van der Waals surface area contributed by atoms with Gasteiger partial charge in [-0.05, 0) is 30.4 Å². The zero-order chi connectivity index (χ0) is 20.7. The molecule has 7 nitrogen and oxygen atoms in total. The van der Waals surface area contributed by atoms with E-state index in [2.05, 4.69) is 15.3 Å². The van der Waals surface area contributed by atoms with Crippen molar-refractivity contribution in [2.24, 2.45) is 0 Å². The molecule has 2 N–H and O–H groups in total. The van der Waals surface area contributed by atoms with Crippen molar-refractivity contribution in [1.82, 2.24) is 19.9 Å². The molecule has 5 rings (SSSR count). The maximum Gasteiger partial charge on any atom is 0.216 e. The first-order chi connectivity index (χ1) is 14.6. The molecule has 0 radical (unpaired) electrons. The normalized spacial score (nSPS) is 19.2. The Bertz CT molecular complexity index is 1070. The molecule has 1 fully saturated rings. The number of rotatable bonds is 5. The van der Waals surface area contributed by atoms with Crippen LogP contribution in [0.2, 0.25) is 5.02 Å². The van der Waals surface area contributed by atoms with Crippen molar-refractivity contribution in [1.29, 1.82) is 0 Å². The standard InChI is InChI=1S/C21H20ClN5O2S/c22-15-10-23-18(24-11-15)13-2-4-14(5-3-13)19-25-16-6-9-30(29)17(16)20(26-19)27-21(12-28)7-1-8-21/h2-5,10-11,28H,1,6-9,12H2,(H,25,26,27)/t30-/m1/s1. The SMILES string of the molecule is [O-][S@+]1CCc2nc(-c3ccc(-c4ncc(Cl)cn4)cc3)nc(NC3(CO)CCC3)c21. The Hall–Kier alpha value is -2.26. The number of aromatic nitrogens is 4. The zero-order valence-corrected chi connectivity index (χ0v) is 17.7. The summed E-state index contributed by atoms with van der Waals surface area (Å²) in [6, 6.07) is 7.69. The van der Waals surface area contributed by atoms with Crippen LogP contribution in [0.1, 0.15) is 25.0 Å². The number of halogens is 1. The Labute approximate surface area is 182 Å². The van der Waals surface area contributed by atoms with Gasteiger partial charge in [-0.1, -0.05) is 35.9 Å². The number of aryl methyl sites for hydroxylation is 1. The van der Waals surface area contributed by atoms with Gasteiger partial charge >= 0.3 is 0 Å². The predicted molar refractivity (Wildman–Crippen MR) is 116 cm³/mol. The lowest BCUT2D eigenvalue weighted by Crippen LogP contribution is -2.48. The molecular weight excluding hydrogens is 422 g/mol. The van der Waals surface area contributed by atoms with Gasteiger partial charge in [0.2, 0.25) is 4.90 Å². The molecule has 3 aromatic rings. The largest absolute Gasteiger partial charge is 0.611 e. The molecule has 0 spiro atoms. The minimum Gasteiger partial charge on any atom is -0.611 e. The average Bonchev–Trinajstić information content (AvgIpc) is 3.12. The van der Waals surface area contributed by atoms with E-state index in [4.69, 9.17) is 21.6 Å². The van der Waals surface area contributed by atoms with Crippen LogP contribution in [-0.2, 0) is 17.6 Å². The fourth-order valence-electron chi connectivity index (χ4n) is 3.82. The maximum absolute atomic E-state index is 12.5. The first kappa shape index (κ1) is 19.7. The van der Waals surface area contributed by atoms with Gasteiger partial charge in [-0.15, -0.1) is 0 Å². The Morgan fingerprint density at radius 1 is 1.07 bits per heavy atom. The number of nitrogens with zero attached hydrogens (tertiary/aromatic N) is 4. The molecule has 30 heavy (non-hydrogen) atoms. The second-order valence-electron chi connectivity index (χ2n) is 7.69. The lowest BCUT2D eigenvalue weighted by molar-refractivity contribution is 0.143. The quantitative estimate of drug-likeness (QED) is 0.585. The summed E-state index contributed by atoms with van der Waals surface area (Å²) in [5.74, 6) is 2.31. The number of hydrogen-bond donors (Lipinski definition) is 2. The fourth-order valence-corrected chi connectivity index (χ4v) is 5.22. The summed E-state index contributed by atoms with van der Waals surface area (Å²) in [4.78, 5) is 18.6. The van der Waals surface area contributed by atoms with E-state index in [9.17, 15) is 9.66 Å². The molecule has 2 aromatic heterocycles. The molecule has 0 bridgehead atoms. The maximum atomic E-state index is 12.5. The molecule has 9 heteroatoms. The molecule has 1 saturated carbocycles. The van der Waals surface area contributed by atoms with E-state index in [0.717, 1.165) is 36.1 Å². The Morgan fingerprint density at radius 3 is 2.33 bits per heavy atom. The molecule has 0 saturated heterocycles. The van der Waals surface area contributed by atoms with Gasteiger partial charge < -0.3 is 15.0 Å². The van der Waals surface area contributed by atoms with E-state index in [0.29, 0.717) is 39.6 Å². The monoisotopic (exact) mass is 441 g/mol. The van der Waals surface area contributed by atoms with Crippen LogP contribution in [0, 0.1) is 0 Å². The average molecular weight is 442 g/mol. The first-order valence-corrected chi connectivity index (χ1v) is 11.5. The number of hydrogen-bond acceptors (Lipinski definition) is 7. The van der Waals surface area contributed by atoms with Gasteiger partial charge in [0.1, 0.15) is 11.4 Å². The number of benzene rings is 1. The number of aliphatic hydroxyl groups is 1. The number of nitrogens with one attached hydrogen (secondary N) is 1. The van der Waals surface area contributed by atoms with Gasteiger partial charge in [-0.25, -0.2) is 19.9 Å². The zero-order valence-electron chi connectivity index (χ0n) is 16.1. The second kappa shape index (κ2) is 7.77. The highest BCUT2D eigenvalue weighted by Crippen LogP contribution is 2.39. The molecule has 0 unspecified atom stereocenters. The third kappa shape index (κ3) is 3.54. The summed E-state index contributed by atoms with van der Waals surface area (Å²) in [6.45, 7) is 0.0313. The van der Waals surface area contributed by atoms with Crippen LogP contribution in [0.25, 0.3) is 22.8 Å². The minimum atomic E-state index is -1.12. The highest BCUT2D eigenvalue weighted by Gasteiger charge is 2.40. The Balaban J connectivity index is 1.50. The molecule has 3 heterocycles. The molecular formula is C21H20ClN5O2S. The van der Waals surface area contributed by atoms with Gasteiger partial charge in [0.25, 0.3) is 0 Å². The van der Waals surface area contributed by atoms with Gasteiger partial charge in [-0.3, -0.25) is 0 Å². The smallest absolute Gasteiger partial charge is 0.216 e. The lowest BCUT2D eigenvalue weighted by Gasteiger charge is -2.41. The topological polar surface area (TPSA) is 107 Å². The van der Waals surface area contributed by atoms with Crippen LogP contribution < -0.4 is 5.32 Å². The van der Waals surface area contributed by atoms with Crippen molar-refractivity contribution in [3.8, 4) is 22.8 Å². The van der Waals surface area contributed by atoms with E-state index < -0.39 is 11.2 Å². The molecule has 1 atom stereocenters. The van der Waals surface area contributed by atoms with Crippen molar-refractivity contribution in [3.63, 3.8) is 0 Å². The van der Waals surface area contributed by atoms with Crippen molar-refractivity contribution < 1.29 is 9.66 Å². The molecule has 1 aliphatic carbocycles. The number of anilines is 1. The number of aliphatic hydroxyl groups excluding tert-OH is 1. The Morgan fingerprint density at radius 2 is 1.73 bits per heavy atom. The highest BCUT2D eigenvalue weighted by atomic mass is 35.5. The van der Waals surface area contributed by atoms with E-state index in [1.54, 1.807) is 12.4 Å². The lowest BCUT2D eigenvalue weighted by atomic mass is 9.77. The van der Waals surface area contributed by atoms with Crippen LogP contribution >= 0.6 is 11.6 Å². The molecule has 2 aliphatic rings. The van der Waals surface area contributed by atoms with E-state index >= 15 is 0 Å². The van der Waals surface area contributed by atoms with Crippen molar-refractivity contribution in [3.05, 3.63) is 47.4 Å². The highest BCUT2D eigenvalue weighted by molar-refractivity contribution is 7.91. The predicted octanol–water partition coefficient (Wildman–Crippen LogP) is 3.24. The first-order valence-electron chi connectivity index (χ1n) is 9.84. The van der Waals surface area contributed by atoms with Crippen LogP contribution in [0.4, 0.5) is 5.82 Å². The van der Waals surface area contributed by atoms with E-state index in [1.807, 2.05) is 24.3 Å². The summed E-state index contributed by atoms with van der Waals surface area (Å²) < 4.78 is 12.5. The van der Waals surface area contributed by atoms with E-state index in [1.165, 1.54) is 0 Å². The third-order valence-corrected chi connectivity index (χ3v) is 7.36. The fraction of sp³-hybridized carbons (Fsp3) is 0.333. The van der Waals surface area contributed by atoms with Gasteiger partial charge in [0, 0.05) is 29.9 Å². The van der Waals surface area contributed by atoms with Crippen molar-refractivity contribution in [2.75, 3.05) is 17.7 Å². The van der Waals surface area contributed by atoms with Crippen molar-refractivity contribution in [2.45, 2.75) is 36.1 Å². The minimum absolute atomic E-state index is 0.0313. The third-order valence-electron chi connectivity index (χ3n) is 5.71. The van der Waals surface area contributed by atoms with Crippen LogP contribution in [0.15, 0.2) is 41.6 Å². The summed E-state index contributed by atoms with van der Waals surface area (Å²) in [7, 11) is 0. The molecule has 0 amide bonds. The van der Waals surface area contributed by atoms with Gasteiger partial charge in [-0.2, -0.15) is 0 Å². The Kier molecular flexibility index (Phi) is 5.10. The van der Waals surface area contributed by atoms with Crippen LogP contribution in [-0.4, -0.2) is 47.5 Å². The second-order valence-corrected chi connectivity index (χ2v) is 9.63. The summed E-state index contributed by atoms with van der Waals surface area (Å²) in [5, 5.41) is 13.7. The molecule has 1 aliphatic heterocycles. The van der Waals surface area contributed by atoms with Crippen LogP contribution in [0.3, 0.4) is 0 Å². The van der Waals surface area contributed by atoms with E-state index in [-0.39, 0.29) is 12.1 Å². The van der Waals surface area contributed by atoms with Crippen LogP contribution in [0.5, 0.6) is 0 Å². The molecule has 1 aromatic carbocycles. The summed E-state index contributed by atoms with van der Waals surface area (Å²) in [6.07, 6.45) is 6.61. The summed E-state index contributed by atoms with van der Waals surface area (Å²) >= 11 is 4.75. The van der Waals surface area contributed by atoms with Gasteiger partial charge in [0.15, 0.2) is 17.5 Å².